The highest BCUT2D eigenvalue weighted by molar-refractivity contribution is 5.52. The maximum Gasteiger partial charge on any atom is 0.204 e. The molecular formula is C13H19N5. The smallest absolute Gasteiger partial charge is 0.204 e. The van der Waals surface area contributed by atoms with Gasteiger partial charge in [-0.25, -0.2) is 0 Å². The Kier molecular flexibility index (Phi) is 3.43. The summed E-state index contributed by atoms with van der Waals surface area (Å²) in [5, 5.41) is 12.7. The molecule has 1 unspecified atom stereocenters. The molecule has 1 atom stereocenters. The second-order valence-electron chi connectivity index (χ2n) is 5.42. The standard InChI is InChI=1S/C13H19N5/c1-13(2,3)11(9-14)18-16-12(15-17-18)10-7-5-4-6-8-10/h4-8,11H,9,14H2,1-3H3. The first-order chi connectivity index (χ1) is 8.52. The van der Waals surface area contributed by atoms with Crippen LogP contribution in [0.1, 0.15) is 26.8 Å². The fourth-order valence-electron chi connectivity index (χ4n) is 1.85. The number of hydrogen-bond acceptors (Lipinski definition) is 4. The van der Waals surface area contributed by atoms with E-state index in [-0.39, 0.29) is 11.5 Å². The number of benzene rings is 1. The zero-order chi connectivity index (χ0) is 13.2. The van der Waals surface area contributed by atoms with E-state index in [0.29, 0.717) is 12.4 Å². The Balaban J connectivity index is 2.31. The highest BCUT2D eigenvalue weighted by Crippen LogP contribution is 2.28. The van der Waals surface area contributed by atoms with Gasteiger partial charge < -0.3 is 5.73 Å². The first-order valence-corrected chi connectivity index (χ1v) is 6.07. The van der Waals surface area contributed by atoms with Crippen LogP contribution in [0.3, 0.4) is 0 Å². The zero-order valence-corrected chi connectivity index (χ0v) is 11.0. The Morgan fingerprint density at radius 1 is 1.22 bits per heavy atom. The molecule has 0 spiro atoms. The molecule has 2 N–H and O–H groups in total. The van der Waals surface area contributed by atoms with Crippen molar-refractivity contribution in [2.45, 2.75) is 26.8 Å². The van der Waals surface area contributed by atoms with Crippen LogP contribution < -0.4 is 5.73 Å². The van der Waals surface area contributed by atoms with Crippen LogP contribution in [0.4, 0.5) is 0 Å². The van der Waals surface area contributed by atoms with Crippen LogP contribution >= 0.6 is 0 Å². The summed E-state index contributed by atoms with van der Waals surface area (Å²) in [6.45, 7) is 6.86. The third-order valence-corrected chi connectivity index (χ3v) is 2.96. The second kappa shape index (κ2) is 4.86. The summed E-state index contributed by atoms with van der Waals surface area (Å²) in [6.07, 6.45) is 0. The number of hydrogen-bond donors (Lipinski definition) is 1. The molecule has 96 valence electrons. The molecule has 0 radical (unpaired) electrons. The van der Waals surface area contributed by atoms with Crippen LogP contribution in [0.2, 0.25) is 0 Å². The maximum atomic E-state index is 5.81. The summed E-state index contributed by atoms with van der Waals surface area (Å²) in [7, 11) is 0. The van der Waals surface area contributed by atoms with E-state index in [1.54, 1.807) is 4.80 Å². The predicted molar refractivity (Wildman–Crippen MR) is 70.8 cm³/mol. The van der Waals surface area contributed by atoms with Crippen LogP contribution in [0.5, 0.6) is 0 Å². The molecule has 0 amide bonds. The van der Waals surface area contributed by atoms with E-state index in [0.717, 1.165) is 5.56 Å². The van der Waals surface area contributed by atoms with Crippen molar-refractivity contribution in [2.24, 2.45) is 11.1 Å². The van der Waals surface area contributed by atoms with E-state index in [1.165, 1.54) is 0 Å². The molecule has 0 saturated carbocycles. The first-order valence-electron chi connectivity index (χ1n) is 6.07. The number of rotatable bonds is 3. The molecule has 1 aromatic carbocycles. The fourth-order valence-corrected chi connectivity index (χ4v) is 1.85. The average molecular weight is 245 g/mol. The van der Waals surface area contributed by atoms with Crippen molar-refractivity contribution in [3.8, 4) is 11.4 Å². The lowest BCUT2D eigenvalue weighted by Gasteiger charge is -2.27. The van der Waals surface area contributed by atoms with Gasteiger partial charge in [0.25, 0.3) is 0 Å². The van der Waals surface area contributed by atoms with E-state index in [1.807, 2.05) is 30.3 Å². The van der Waals surface area contributed by atoms with Crippen molar-refractivity contribution in [1.82, 2.24) is 20.2 Å². The number of nitrogens with two attached hydrogens (primary N) is 1. The third-order valence-electron chi connectivity index (χ3n) is 2.96. The van der Waals surface area contributed by atoms with E-state index in [4.69, 9.17) is 5.73 Å². The molecular weight excluding hydrogens is 226 g/mol. The molecule has 0 aliphatic rings. The van der Waals surface area contributed by atoms with Gasteiger partial charge in [-0.2, -0.15) is 4.80 Å². The fraction of sp³-hybridized carbons (Fsp3) is 0.462. The normalized spacial score (nSPS) is 13.6. The van der Waals surface area contributed by atoms with Crippen LogP contribution in [-0.2, 0) is 0 Å². The summed E-state index contributed by atoms with van der Waals surface area (Å²) in [5.41, 5.74) is 6.78. The summed E-state index contributed by atoms with van der Waals surface area (Å²) < 4.78 is 0. The van der Waals surface area contributed by atoms with E-state index < -0.39 is 0 Å². The monoisotopic (exact) mass is 245 g/mol. The third kappa shape index (κ3) is 2.56. The quantitative estimate of drug-likeness (QED) is 0.896. The van der Waals surface area contributed by atoms with Gasteiger partial charge in [0, 0.05) is 12.1 Å². The highest BCUT2D eigenvalue weighted by Gasteiger charge is 2.27. The van der Waals surface area contributed by atoms with Crippen LogP contribution in [0.15, 0.2) is 30.3 Å². The zero-order valence-electron chi connectivity index (χ0n) is 11.0. The van der Waals surface area contributed by atoms with Gasteiger partial charge in [0.1, 0.15) is 0 Å². The average Bonchev–Trinajstić information content (AvgIpc) is 2.78. The van der Waals surface area contributed by atoms with Crippen molar-refractivity contribution in [2.75, 3.05) is 6.54 Å². The molecule has 0 fully saturated rings. The SMILES string of the molecule is CC(C)(C)C(CN)n1nnc(-c2ccccc2)n1. The Labute approximate surface area is 107 Å². The lowest BCUT2D eigenvalue weighted by Crippen LogP contribution is -2.32. The van der Waals surface area contributed by atoms with Crippen molar-refractivity contribution in [3.05, 3.63) is 30.3 Å². The minimum atomic E-state index is 0.00338. The van der Waals surface area contributed by atoms with Gasteiger partial charge in [-0.05, 0) is 10.6 Å². The van der Waals surface area contributed by atoms with Gasteiger partial charge in [-0.3, -0.25) is 0 Å². The van der Waals surface area contributed by atoms with Gasteiger partial charge in [-0.1, -0.05) is 51.1 Å². The van der Waals surface area contributed by atoms with Gasteiger partial charge in [0.05, 0.1) is 6.04 Å². The summed E-state index contributed by atoms with van der Waals surface area (Å²) in [5.74, 6) is 0.637. The van der Waals surface area contributed by atoms with E-state index >= 15 is 0 Å². The maximum absolute atomic E-state index is 5.81. The van der Waals surface area contributed by atoms with Crippen LogP contribution in [0, 0.1) is 5.41 Å². The minimum absolute atomic E-state index is 0.00338. The Bertz CT molecular complexity index is 498. The Morgan fingerprint density at radius 3 is 2.44 bits per heavy atom. The predicted octanol–water partition coefficient (Wildman–Crippen LogP) is 1.89. The van der Waals surface area contributed by atoms with Gasteiger partial charge in [0.15, 0.2) is 0 Å². The molecule has 2 rings (SSSR count). The minimum Gasteiger partial charge on any atom is -0.328 e. The second-order valence-corrected chi connectivity index (χ2v) is 5.42. The van der Waals surface area contributed by atoms with Gasteiger partial charge in [-0.15, -0.1) is 10.2 Å². The lowest BCUT2D eigenvalue weighted by molar-refractivity contribution is 0.209. The van der Waals surface area contributed by atoms with E-state index in [9.17, 15) is 0 Å². The summed E-state index contributed by atoms with van der Waals surface area (Å²) >= 11 is 0. The molecule has 0 bridgehead atoms. The molecule has 2 aromatic rings. The lowest BCUT2D eigenvalue weighted by atomic mass is 9.87. The molecule has 5 heteroatoms. The Morgan fingerprint density at radius 2 is 1.89 bits per heavy atom. The molecule has 1 aromatic heterocycles. The summed E-state index contributed by atoms with van der Waals surface area (Å²) in [4.78, 5) is 1.63. The molecule has 0 aliphatic carbocycles. The Hall–Kier alpha value is -1.75. The summed E-state index contributed by atoms with van der Waals surface area (Å²) in [6, 6.07) is 9.86. The van der Waals surface area contributed by atoms with E-state index in [2.05, 4.69) is 36.2 Å². The molecule has 18 heavy (non-hydrogen) atoms. The van der Waals surface area contributed by atoms with Crippen molar-refractivity contribution in [3.63, 3.8) is 0 Å². The highest BCUT2D eigenvalue weighted by atomic mass is 15.6. The van der Waals surface area contributed by atoms with Crippen molar-refractivity contribution < 1.29 is 0 Å². The first kappa shape index (κ1) is 12.7. The number of tetrazole rings is 1. The molecule has 0 aliphatic heterocycles. The molecule has 1 heterocycles. The van der Waals surface area contributed by atoms with Crippen LogP contribution in [-0.4, -0.2) is 26.8 Å². The largest absolute Gasteiger partial charge is 0.328 e. The molecule has 0 saturated heterocycles. The van der Waals surface area contributed by atoms with Crippen molar-refractivity contribution in [1.29, 1.82) is 0 Å². The number of nitrogens with zero attached hydrogens (tertiary/aromatic N) is 4. The molecule has 5 nitrogen and oxygen atoms in total. The van der Waals surface area contributed by atoms with Crippen molar-refractivity contribution >= 4 is 0 Å². The number of aromatic nitrogens is 4. The van der Waals surface area contributed by atoms with Gasteiger partial charge in [0.2, 0.25) is 5.82 Å². The van der Waals surface area contributed by atoms with Gasteiger partial charge >= 0.3 is 0 Å². The van der Waals surface area contributed by atoms with Crippen LogP contribution in [0.25, 0.3) is 11.4 Å². The topological polar surface area (TPSA) is 69.6 Å².